The average molecular weight is 372 g/mol. The topological polar surface area (TPSA) is 12.9 Å². The van der Waals surface area contributed by atoms with Crippen molar-refractivity contribution in [3.05, 3.63) is 89.1 Å². The number of benzene rings is 2. The maximum Gasteiger partial charge on any atom is 0.0702 e. The molecule has 0 N–H and O–H groups in total. The lowest BCUT2D eigenvalue weighted by Crippen LogP contribution is -1.94. The smallest absolute Gasteiger partial charge is 0.0702 e. The van der Waals surface area contributed by atoms with Crippen molar-refractivity contribution in [3.63, 3.8) is 0 Å². The van der Waals surface area contributed by atoms with Gasteiger partial charge in [-0.1, -0.05) is 87.7 Å². The SMILES string of the molecule is CCCCCc1ccc(-c2ccc(CCc3ccc(CCC)cc3)cn2)cc1. The van der Waals surface area contributed by atoms with E-state index in [0.717, 1.165) is 18.5 Å². The van der Waals surface area contributed by atoms with Gasteiger partial charge in [-0.2, -0.15) is 0 Å². The van der Waals surface area contributed by atoms with Crippen molar-refractivity contribution in [1.29, 1.82) is 0 Å². The Labute approximate surface area is 170 Å². The van der Waals surface area contributed by atoms with Gasteiger partial charge < -0.3 is 0 Å². The molecular formula is C27H33N. The molecule has 1 heteroatoms. The molecule has 1 heterocycles. The fraction of sp³-hybridized carbons (Fsp3) is 0.370. The van der Waals surface area contributed by atoms with Crippen LogP contribution >= 0.6 is 0 Å². The van der Waals surface area contributed by atoms with Gasteiger partial charge in [0.15, 0.2) is 0 Å². The van der Waals surface area contributed by atoms with Crippen LogP contribution in [0.4, 0.5) is 0 Å². The molecule has 146 valence electrons. The molecule has 1 nitrogen and oxygen atoms in total. The standard InChI is InChI=1S/C27H33N/c1-3-5-6-8-23-15-18-26(19-16-23)27-20-17-25(21-28-27)14-13-24-11-9-22(7-4-2)10-12-24/h9-12,15-21H,3-8,13-14H2,1-2H3. The first-order chi connectivity index (χ1) is 13.8. The van der Waals surface area contributed by atoms with Crippen LogP contribution in [0.15, 0.2) is 66.9 Å². The number of aryl methyl sites for hydroxylation is 4. The van der Waals surface area contributed by atoms with Gasteiger partial charge in [-0.15, -0.1) is 0 Å². The van der Waals surface area contributed by atoms with Crippen LogP contribution in [-0.4, -0.2) is 4.98 Å². The number of rotatable bonds is 10. The summed E-state index contributed by atoms with van der Waals surface area (Å²) in [5, 5.41) is 0. The van der Waals surface area contributed by atoms with Crippen LogP contribution in [0.5, 0.6) is 0 Å². The van der Waals surface area contributed by atoms with Gasteiger partial charge >= 0.3 is 0 Å². The Morgan fingerprint density at radius 3 is 1.71 bits per heavy atom. The van der Waals surface area contributed by atoms with E-state index in [9.17, 15) is 0 Å². The van der Waals surface area contributed by atoms with Crippen molar-refractivity contribution >= 4 is 0 Å². The number of hydrogen-bond donors (Lipinski definition) is 0. The molecule has 0 aliphatic carbocycles. The van der Waals surface area contributed by atoms with Gasteiger partial charge in [0, 0.05) is 11.8 Å². The fourth-order valence-electron chi connectivity index (χ4n) is 3.61. The predicted molar refractivity (Wildman–Crippen MR) is 121 cm³/mol. The van der Waals surface area contributed by atoms with E-state index in [4.69, 9.17) is 4.98 Å². The summed E-state index contributed by atoms with van der Waals surface area (Å²) < 4.78 is 0. The maximum atomic E-state index is 4.70. The van der Waals surface area contributed by atoms with Gasteiger partial charge in [0.1, 0.15) is 0 Å². The van der Waals surface area contributed by atoms with Crippen LogP contribution in [-0.2, 0) is 25.7 Å². The lowest BCUT2D eigenvalue weighted by molar-refractivity contribution is 0.717. The summed E-state index contributed by atoms with van der Waals surface area (Å²) in [6.07, 6.45) is 11.6. The number of unbranched alkanes of at least 4 members (excludes halogenated alkanes) is 2. The second-order valence-electron chi connectivity index (χ2n) is 7.77. The third-order valence-electron chi connectivity index (χ3n) is 5.41. The number of pyridine rings is 1. The molecule has 0 bridgehead atoms. The predicted octanol–water partition coefficient (Wildman–Crippen LogP) is 7.22. The van der Waals surface area contributed by atoms with Gasteiger partial charge in [0.2, 0.25) is 0 Å². The first-order valence-electron chi connectivity index (χ1n) is 10.9. The van der Waals surface area contributed by atoms with E-state index in [2.05, 4.69) is 74.5 Å². The van der Waals surface area contributed by atoms with E-state index in [0.29, 0.717) is 0 Å². The van der Waals surface area contributed by atoms with Gasteiger partial charge in [-0.05, 0) is 60.4 Å². The maximum absolute atomic E-state index is 4.70. The number of nitrogens with zero attached hydrogens (tertiary/aromatic N) is 1. The van der Waals surface area contributed by atoms with Crippen molar-refractivity contribution in [1.82, 2.24) is 4.98 Å². The lowest BCUT2D eigenvalue weighted by Gasteiger charge is -2.06. The highest BCUT2D eigenvalue weighted by Gasteiger charge is 2.02. The molecule has 0 aliphatic rings. The average Bonchev–Trinajstić information content (AvgIpc) is 2.75. The first-order valence-corrected chi connectivity index (χ1v) is 10.9. The van der Waals surface area contributed by atoms with Gasteiger partial charge in [0.25, 0.3) is 0 Å². The summed E-state index contributed by atoms with van der Waals surface area (Å²) in [4.78, 5) is 4.70. The highest BCUT2D eigenvalue weighted by molar-refractivity contribution is 5.59. The van der Waals surface area contributed by atoms with Crippen LogP contribution < -0.4 is 0 Å². The van der Waals surface area contributed by atoms with Crippen LogP contribution in [0.25, 0.3) is 11.3 Å². The second kappa shape index (κ2) is 10.8. The van der Waals surface area contributed by atoms with Crippen LogP contribution in [0, 0.1) is 0 Å². The summed E-state index contributed by atoms with van der Waals surface area (Å²) in [5.74, 6) is 0. The normalized spacial score (nSPS) is 10.9. The molecule has 0 radical (unpaired) electrons. The number of aromatic nitrogens is 1. The van der Waals surface area contributed by atoms with Crippen LogP contribution in [0.1, 0.15) is 61.8 Å². The van der Waals surface area contributed by atoms with Crippen LogP contribution in [0.3, 0.4) is 0 Å². The lowest BCUT2D eigenvalue weighted by atomic mass is 10.0. The molecule has 0 amide bonds. The molecule has 0 aliphatic heterocycles. The molecule has 0 spiro atoms. The molecule has 0 saturated carbocycles. The second-order valence-corrected chi connectivity index (χ2v) is 7.77. The van der Waals surface area contributed by atoms with Crippen molar-refractivity contribution in [3.8, 4) is 11.3 Å². The summed E-state index contributed by atoms with van der Waals surface area (Å²) in [6.45, 7) is 4.48. The van der Waals surface area contributed by atoms with Gasteiger partial charge in [-0.25, -0.2) is 0 Å². The third-order valence-corrected chi connectivity index (χ3v) is 5.41. The summed E-state index contributed by atoms with van der Waals surface area (Å²) in [6, 6.07) is 22.4. The minimum Gasteiger partial charge on any atom is -0.256 e. The van der Waals surface area contributed by atoms with Crippen molar-refractivity contribution < 1.29 is 0 Å². The molecule has 2 aromatic carbocycles. The minimum absolute atomic E-state index is 1.04. The molecule has 28 heavy (non-hydrogen) atoms. The van der Waals surface area contributed by atoms with E-state index >= 15 is 0 Å². The van der Waals surface area contributed by atoms with E-state index in [1.54, 1.807) is 0 Å². The van der Waals surface area contributed by atoms with E-state index in [1.165, 1.54) is 66.3 Å². The molecule has 0 unspecified atom stereocenters. The zero-order chi connectivity index (χ0) is 19.6. The minimum atomic E-state index is 1.04. The first kappa shape index (κ1) is 20.3. The van der Waals surface area contributed by atoms with Gasteiger partial charge in [-0.3, -0.25) is 4.98 Å². The zero-order valence-corrected chi connectivity index (χ0v) is 17.5. The summed E-state index contributed by atoms with van der Waals surface area (Å²) in [5.41, 5.74) is 7.85. The Bertz CT molecular complexity index is 814. The quantitative estimate of drug-likeness (QED) is 0.343. The molecular weight excluding hydrogens is 338 g/mol. The highest BCUT2D eigenvalue weighted by Crippen LogP contribution is 2.19. The largest absolute Gasteiger partial charge is 0.256 e. The van der Waals surface area contributed by atoms with Crippen molar-refractivity contribution in [2.45, 2.75) is 65.2 Å². The van der Waals surface area contributed by atoms with E-state index < -0.39 is 0 Å². The Morgan fingerprint density at radius 1 is 0.536 bits per heavy atom. The van der Waals surface area contributed by atoms with E-state index in [-0.39, 0.29) is 0 Å². The third kappa shape index (κ3) is 6.05. The summed E-state index contributed by atoms with van der Waals surface area (Å²) in [7, 11) is 0. The molecule has 0 atom stereocenters. The fourth-order valence-corrected chi connectivity index (χ4v) is 3.61. The Balaban J connectivity index is 1.54. The molecule has 3 rings (SSSR count). The van der Waals surface area contributed by atoms with Crippen molar-refractivity contribution in [2.24, 2.45) is 0 Å². The van der Waals surface area contributed by atoms with Crippen LogP contribution in [0.2, 0.25) is 0 Å². The summed E-state index contributed by atoms with van der Waals surface area (Å²) >= 11 is 0. The molecule has 0 saturated heterocycles. The monoisotopic (exact) mass is 371 g/mol. The Hall–Kier alpha value is -2.41. The zero-order valence-electron chi connectivity index (χ0n) is 17.5. The van der Waals surface area contributed by atoms with E-state index in [1.807, 2.05) is 6.20 Å². The number of hydrogen-bond acceptors (Lipinski definition) is 1. The van der Waals surface area contributed by atoms with Crippen molar-refractivity contribution in [2.75, 3.05) is 0 Å². The Morgan fingerprint density at radius 2 is 1.11 bits per heavy atom. The molecule has 1 aromatic heterocycles. The molecule has 3 aromatic rings. The Kier molecular flexibility index (Phi) is 7.84. The highest BCUT2D eigenvalue weighted by atomic mass is 14.7. The molecule has 0 fully saturated rings. The van der Waals surface area contributed by atoms with Gasteiger partial charge in [0.05, 0.1) is 5.69 Å².